The van der Waals surface area contributed by atoms with Crippen molar-refractivity contribution in [1.82, 2.24) is 5.32 Å². The number of nitrogens with zero attached hydrogens (tertiary/aromatic N) is 1. The molecular formula is C16H19N5. The monoisotopic (exact) mass is 281 g/mol. The lowest BCUT2D eigenvalue weighted by molar-refractivity contribution is 1.13. The first kappa shape index (κ1) is 14.6. The average molecular weight is 281 g/mol. The zero-order chi connectivity index (χ0) is 15.4. The van der Waals surface area contributed by atoms with Gasteiger partial charge in [-0.05, 0) is 37.1 Å². The van der Waals surface area contributed by atoms with Gasteiger partial charge in [0.25, 0.3) is 0 Å². The van der Waals surface area contributed by atoms with Crippen LogP contribution in [0.3, 0.4) is 0 Å². The molecule has 5 nitrogen and oxygen atoms in total. The van der Waals surface area contributed by atoms with Crippen molar-refractivity contribution in [3.63, 3.8) is 0 Å². The first-order valence-corrected chi connectivity index (χ1v) is 6.61. The molecule has 0 radical (unpaired) electrons. The molecule has 0 unspecified atom stereocenters. The van der Waals surface area contributed by atoms with Crippen LogP contribution in [0.15, 0.2) is 48.5 Å². The van der Waals surface area contributed by atoms with Crippen molar-refractivity contribution in [2.24, 2.45) is 5.73 Å². The van der Waals surface area contributed by atoms with Crippen LogP contribution in [0.5, 0.6) is 0 Å². The van der Waals surface area contributed by atoms with Crippen LogP contribution in [0.25, 0.3) is 0 Å². The van der Waals surface area contributed by atoms with Gasteiger partial charge in [-0.3, -0.25) is 21.0 Å². The Morgan fingerprint density at radius 2 is 1.33 bits per heavy atom. The van der Waals surface area contributed by atoms with Crippen LogP contribution in [-0.4, -0.2) is 11.9 Å². The Morgan fingerprint density at radius 3 is 1.71 bits per heavy atom. The number of guanidine groups is 2. The second-order valence-corrected chi connectivity index (χ2v) is 4.80. The molecule has 2 aromatic carbocycles. The van der Waals surface area contributed by atoms with Crippen molar-refractivity contribution >= 4 is 23.3 Å². The summed E-state index contributed by atoms with van der Waals surface area (Å²) < 4.78 is 0. The number of benzene rings is 2. The number of hydrogen-bond acceptors (Lipinski definition) is 2. The lowest BCUT2D eigenvalue weighted by atomic mass is 10.1. The van der Waals surface area contributed by atoms with Crippen LogP contribution in [0.1, 0.15) is 11.1 Å². The second-order valence-electron chi connectivity index (χ2n) is 4.80. The number of hydrogen-bond donors (Lipinski definition) is 4. The van der Waals surface area contributed by atoms with Gasteiger partial charge in [0.15, 0.2) is 5.96 Å². The van der Waals surface area contributed by atoms with Gasteiger partial charge < -0.3 is 5.73 Å². The predicted octanol–water partition coefficient (Wildman–Crippen LogP) is 2.86. The standard InChI is InChI=1S/C16H19N5/c1-11-7-3-5-9-13(11)21(16(19)20-15(17)18)14-10-6-4-8-12(14)2/h3-10H,1-2H3,(H5,17,18,19,20). The lowest BCUT2D eigenvalue weighted by Gasteiger charge is -2.28. The normalized spacial score (nSPS) is 10.0. The second kappa shape index (κ2) is 6.09. The zero-order valence-electron chi connectivity index (χ0n) is 12.1. The van der Waals surface area contributed by atoms with E-state index in [1.165, 1.54) is 0 Å². The third kappa shape index (κ3) is 3.20. The van der Waals surface area contributed by atoms with Gasteiger partial charge in [-0.2, -0.15) is 0 Å². The fraction of sp³-hybridized carbons (Fsp3) is 0.125. The van der Waals surface area contributed by atoms with Crippen LogP contribution >= 0.6 is 0 Å². The molecule has 0 aliphatic carbocycles. The van der Waals surface area contributed by atoms with E-state index < -0.39 is 0 Å². The number of nitrogens with one attached hydrogen (secondary N) is 3. The first-order chi connectivity index (χ1) is 10.0. The molecule has 5 heteroatoms. The molecule has 0 saturated carbocycles. The average Bonchev–Trinajstić information content (AvgIpc) is 2.42. The minimum absolute atomic E-state index is 0.0473. The van der Waals surface area contributed by atoms with Gasteiger partial charge in [0.2, 0.25) is 5.96 Å². The Bertz CT molecular complexity index is 632. The summed E-state index contributed by atoms with van der Waals surface area (Å²) in [6.07, 6.45) is 0. The Morgan fingerprint density at radius 1 is 0.905 bits per heavy atom. The highest BCUT2D eigenvalue weighted by molar-refractivity contribution is 6.08. The number of para-hydroxylation sites is 2. The maximum atomic E-state index is 8.24. The van der Waals surface area contributed by atoms with E-state index in [1.54, 1.807) is 4.90 Å². The van der Waals surface area contributed by atoms with Crippen molar-refractivity contribution < 1.29 is 0 Å². The molecule has 0 fully saturated rings. The molecule has 0 aliphatic heterocycles. The van der Waals surface area contributed by atoms with Crippen LogP contribution in [0.2, 0.25) is 0 Å². The number of rotatable bonds is 2. The van der Waals surface area contributed by atoms with E-state index in [2.05, 4.69) is 5.32 Å². The van der Waals surface area contributed by atoms with Gasteiger partial charge in [-0.15, -0.1) is 0 Å². The summed E-state index contributed by atoms with van der Waals surface area (Å²) >= 11 is 0. The van der Waals surface area contributed by atoms with E-state index in [0.29, 0.717) is 0 Å². The highest BCUT2D eigenvalue weighted by Crippen LogP contribution is 2.30. The summed E-state index contributed by atoms with van der Waals surface area (Å²) in [4.78, 5) is 1.76. The van der Waals surface area contributed by atoms with Crippen LogP contribution in [0, 0.1) is 24.7 Å². The Hall–Kier alpha value is -2.82. The highest BCUT2D eigenvalue weighted by Gasteiger charge is 2.18. The maximum absolute atomic E-state index is 8.24. The molecular weight excluding hydrogens is 262 g/mol. The smallest absolute Gasteiger partial charge is 0.207 e. The molecule has 0 atom stereocenters. The van der Waals surface area contributed by atoms with Crippen LogP contribution in [-0.2, 0) is 0 Å². The van der Waals surface area contributed by atoms with Crippen molar-refractivity contribution in [2.75, 3.05) is 4.90 Å². The first-order valence-electron chi connectivity index (χ1n) is 6.61. The topological polar surface area (TPSA) is 89.0 Å². The van der Waals surface area contributed by atoms with Gasteiger partial charge in [-0.25, -0.2) is 0 Å². The Balaban J connectivity index is 2.55. The van der Waals surface area contributed by atoms with Gasteiger partial charge in [0.1, 0.15) is 0 Å². The summed E-state index contributed by atoms with van der Waals surface area (Å²) in [6.45, 7) is 3.98. The molecule has 2 aromatic rings. The highest BCUT2D eigenvalue weighted by atomic mass is 15.3. The van der Waals surface area contributed by atoms with Crippen LogP contribution in [0.4, 0.5) is 11.4 Å². The third-order valence-corrected chi connectivity index (χ3v) is 3.19. The van der Waals surface area contributed by atoms with E-state index in [9.17, 15) is 0 Å². The van der Waals surface area contributed by atoms with Gasteiger partial charge in [0, 0.05) is 0 Å². The lowest BCUT2D eigenvalue weighted by Crippen LogP contribution is -2.44. The van der Waals surface area contributed by atoms with E-state index in [1.807, 2.05) is 62.4 Å². The Labute approximate surface area is 124 Å². The third-order valence-electron chi connectivity index (χ3n) is 3.19. The summed E-state index contributed by atoms with van der Waals surface area (Å²) in [5, 5.41) is 18.2. The minimum atomic E-state index is -0.257. The molecule has 0 heterocycles. The summed E-state index contributed by atoms with van der Waals surface area (Å²) in [5.41, 5.74) is 9.20. The number of nitrogens with two attached hydrogens (primary N) is 1. The van der Waals surface area contributed by atoms with Gasteiger partial charge in [-0.1, -0.05) is 36.4 Å². The Kier molecular flexibility index (Phi) is 4.23. The molecule has 0 aromatic heterocycles. The maximum Gasteiger partial charge on any atom is 0.207 e. The predicted molar refractivity (Wildman–Crippen MR) is 87.3 cm³/mol. The molecule has 0 saturated heterocycles. The van der Waals surface area contributed by atoms with Crippen molar-refractivity contribution in [1.29, 1.82) is 10.8 Å². The van der Waals surface area contributed by atoms with E-state index in [0.717, 1.165) is 22.5 Å². The van der Waals surface area contributed by atoms with Gasteiger partial charge >= 0.3 is 0 Å². The molecule has 5 N–H and O–H groups in total. The fourth-order valence-corrected chi connectivity index (χ4v) is 2.18. The molecule has 0 amide bonds. The van der Waals surface area contributed by atoms with E-state index >= 15 is 0 Å². The minimum Gasteiger partial charge on any atom is -0.370 e. The summed E-state index contributed by atoms with van der Waals surface area (Å²) in [7, 11) is 0. The largest absolute Gasteiger partial charge is 0.370 e. The van der Waals surface area contributed by atoms with Gasteiger partial charge in [0.05, 0.1) is 11.4 Å². The molecule has 0 bridgehead atoms. The molecule has 21 heavy (non-hydrogen) atoms. The molecule has 2 rings (SSSR count). The quantitative estimate of drug-likeness (QED) is 0.504. The molecule has 0 aliphatic rings. The summed E-state index contributed by atoms with van der Waals surface area (Å²) in [5.74, 6) is -0.210. The number of anilines is 2. The fourth-order valence-electron chi connectivity index (χ4n) is 2.18. The van der Waals surface area contributed by atoms with E-state index in [4.69, 9.17) is 16.6 Å². The van der Waals surface area contributed by atoms with Crippen molar-refractivity contribution in [2.45, 2.75) is 13.8 Å². The summed E-state index contributed by atoms with van der Waals surface area (Å²) in [6, 6.07) is 15.6. The van der Waals surface area contributed by atoms with Crippen molar-refractivity contribution in [3.8, 4) is 0 Å². The number of aryl methyl sites for hydroxylation is 2. The molecule has 0 spiro atoms. The SMILES string of the molecule is Cc1ccccc1N(C(=N)NC(=N)N)c1ccccc1C. The molecule has 108 valence electrons. The van der Waals surface area contributed by atoms with Crippen molar-refractivity contribution in [3.05, 3.63) is 59.7 Å². The zero-order valence-corrected chi connectivity index (χ0v) is 12.1. The van der Waals surface area contributed by atoms with Crippen LogP contribution < -0.4 is 16.0 Å². The van der Waals surface area contributed by atoms with E-state index in [-0.39, 0.29) is 11.9 Å².